The quantitative estimate of drug-likeness (QED) is 0.320. The molecule has 2 N–H and O–H groups in total. The van der Waals surface area contributed by atoms with Gasteiger partial charge in [-0.15, -0.1) is 5.10 Å². The Kier molecular flexibility index (Phi) is 7.90. The molecular formula is C22H19Cl2F3N4O3S. The summed E-state index contributed by atoms with van der Waals surface area (Å²) in [6, 6.07) is 7.67. The topological polar surface area (TPSA) is 104 Å². The number of hydrogen-bond acceptors (Lipinski definition) is 6. The van der Waals surface area contributed by atoms with E-state index in [0.717, 1.165) is 17.0 Å². The van der Waals surface area contributed by atoms with Gasteiger partial charge < -0.3 is 14.9 Å². The highest BCUT2D eigenvalue weighted by Crippen LogP contribution is 2.51. The fourth-order valence-corrected chi connectivity index (χ4v) is 7.37. The molecule has 186 valence electrons. The molecule has 13 heteroatoms. The van der Waals surface area contributed by atoms with E-state index in [-0.39, 0.29) is 24.5 Å². The number of nitriles is 1. The van der Waals surface area contributed by atoms with Crippen molar-refractivity contribution in [3.8, 4) is 17.3 Å². The van der Waals surface area contributed by atoms with Crippen molar-refractivity contribution in [2.75, 3.05) is 19.0 Å². The van der Waals surface area contributed by atoms with E-state index in [9.17, 15) is 23.4 Å². The molecular weight excluding hydrogens is 528 g/mol. The van der Waals surface area contributed by atoms with E-state index >= 15 is 0 Å². The minimum Gasteiger partial charge on any atom is -0.395 e. The van der Waals surface area contributed by atoms with Crippen LogP contribution in [0.2, 0.25) is 10.0 Å². The molecule has 35 heavy (non-hydrogen) atoms. The molecule has 0 amide bonds. The van der Waals surface area contributed by atoms with E-state index in [1.165, 1.54) is 10.9 Å². The maximum atomic E-state index is 13.7. The lowest BCUT2D eigenvalue weighted by Crippen LogP contribution is -2.50. The molecule has 1 aromatic heterocycles. The second kappa shape index (κ2) is 10.7. The van der Waals surface area contributed by atoms with E-state index in [1.807, 2.05) is 6.07 Å². The predicted molar refractivity (Wildman–Crippen MR) is 125 cm³/mol. The van der Waals surface area contributed by atoms with Crippen molar-refractivity contribution in [2.45, 2.75) is 28.4 Å². The summed E-state index contributed by atoms with van der Waals surface area (Å²) in [5.74, 6) is -4.02. The van der Waals surface area contributed by atoms with Gasteiger partial charge in [0.2, 0.25) is 0 Å². The van der Waals surface area contributed by atoms with Crippen LogP contribution in [0.25, 0.3) is 11.3 Å². The van der Waals surface area contributed by atoms with E-state index in [2.05, 4.69) is 10.3 Å². The zero-order chi connectivity index (χ0) is 25.3. The van der Waals surface area contributed by atoms with Gasteiger partial charge in [0.1, 0.15) is 18.3 Å². The number of nitrogens with zero attached hydrogens (tertiary/aromatic N) is 4. The molecule has 2 heterocycles. The molecule has 0 radical (unpaired) electrons. The Labute approximate surface area is 211 Å². The number of aliphatic hydroxyl groups is 2. The third kappa shape index (κ3) is 5.14. The van der Waals surface area contributed by atoms with Gasteiger partial charge in [-0.3, -0.25) is 0 Å². The van der Waals surface area contributed by atoms with Crippen LogP contribution in [0, 0.1) is 28.8 Å². The summed E-state index contributed by atoms with van der Waals surface area (Å²) in [5.41, 5.74) is -0.0175. The van der Waals surface area contributed by atoms with Gasteiger partial charge in [0, 0.05) is 16.6 Å². The fourth-order valence-electron chi connectivity index (χ4n) is 4.12. The van der Waals surface area contributed by atoms with Crippen LogP contribution in [0.3, 0.4) is 0 Å². The molecule has 7 nitrogen and oxygen atoms in total. The average molecular weight is 547 g/mol. The number of rotatable bonds is 6. The normalized spacial score (nSPS) is 25.4. The molecule has 1 unspecified atom stereocenters. The largest absolute Gasteiger partial charge is 0.395 e. The molecule has 0 bridgehead atoms. The Morgan fingerprint density at radius 2 is 1.89 bits per heavy atom. The molecule has 1 fully saturated rings. The van der Waals surface area contributed by atoms with Crippen LogP contribution in [0.1, 0.15) is 6.04 Å². The monoisotopic (exact) mass is 546 g/mol. The van der Waals surface area contributed by atoms with Crippen LogP contribution >= 0.6 is 34.1 Å². The van der Waals surface area contributed by atoms with Crippen molar-refractivity contribution in [2.24, 2.45) is 0 Å². The van der Waals surface area contributed by atoms with Crippen molar-refractivity contribution < 1.29 is 28.1 Å². The number of thiol groups is 1. The number of ether oxygens (including phenoxy) is 1. The lowest BCUT2D eigenvalue weighted by molar-refractivity contribution is -0.0239. The van der Waals surface area contributed by atoms with Crippen LogP contribution in [-0.2, 0) is 4.74 Å². The summed E-state index contributed by atoms with van der Waals surface area (Å²) in [5, 5.41) is 38.5. The van der Waals surface area contributed by atoms with E-state index in [4.69, 9.17) is 33.2 Å². The SMILES string of the molecule is N#CCO[C@H]1C[SH](c2ccc(Cl)c(Cl)c2)[C@H](CO)[C@H](O)[C@@H]1n1cc(-c2cc(F)c(F)c(F)c2)nn1. The molecule has 0 aliphatic carbocycles. The lowest BCUT2D eigenvalue weighted by atomic mass is 10.0. The minimum absolute atomic E-state index is 0.0342. The van der Waals surface area contributed by atoms with Crippen molar-refractivity contribution in [3.63, 3.8) is 0 Å². The third-order valence-electron chi connectivity index (χ3n) is 5.78. The van der Waals surface area contributed by atoms with Gasteiger partial charge in [-0.25, -0.2) is 28.7 Å². The highest BCUT2D eigenvalue weighted by Gasteiger charge is 2.45. The molecule has 3 aromatic rings. The number of benzene rings is 2. The van der Waals surface area contributed by atoms with E-state index in [1.54, 1.807) is 18.2 Å². The van der Waals surface area contributed by atoms with Crippen LogP contribution in [0.4, 0.5) is 13.2 Å². The Balaban J connectivity index is 1.70. The van der Waals surface area contributed by atoms with Crippen molar-refractivity contribution in [1.29, 1.82) is 5.26 Å². The Hall–Kier alpha value is -2.33. The molecule has 5 atom stereocenters. The second-order valence-corrected chi connectivity index (χ2v) is 11.1. The Morgan fingerprint density at radius 3 is 2.51 bits per heavy atom. The summed E-state index contributed by atoms with van der Waals surface area (Å²) >= 11 is 12.2. The van der Waals surface area contributed by atoms with E-state index < -0.39 is 51.8 Å². The second-order valence-electron chi connectivity index (χ2n) is 7.83. The Morgan fingerprint density at radius 1 is 1.17 bits per heavy atom. The van der Waals surface area contributed by atoms with Gasteiger partial charge in [-0.1, -0.05) is 28.4 Å². The molecule has 2 aromatic carbocycles. The first-order chi connectivity index (χ1) is 16.7. The molecule has 0 spiro atoms. The van der Waals surface area contributed by atoms with E-state index in [0.29, 0.717) is 15.8 Å². The van der Waals surface area contributed by atoms with Crippen LogP contribution in [-0.4, -0.2) is 61.6 Å². The van der Waals surface area contributed by atoms with Crippen molar-refractivity contribution >= 4 is 34.1 Å². The Bertz CT molecular complexity index is 1250. The number of hydrogen-bond donors (Lipinski definition) is 3. The zero-order valence-corrected chi connectivity index (χ0v) is 20.2. The smallest absolute Gasteiger partial charge is 0.194 e. The van der Waals surface area contributed by atoms with Crippen LogP contribution < -0.4 is 0 Å². The summed E-state index contributed by atoms with van der Waals surface area (Å²) in [6.45, 7) is -0.622. The molecule has 1 saturated heterocycles. The first-order valence-electron chi connectivity index (χ1n) is 10.3. The van der Waals surface area contributed by atoms with Gasteiger partial charge in [0.05, 0.1) is 41.1 Å². The van der Waals surface area contributed by atoms with Gasteiger partial charge in [0.15, 0.2) is 17.5 Å². The number of aromatic nitrogens is 3. The summed E-state index contributed by atoms with van der Waals surface area (Å²) in [7, 11) is -1.20. The van der Waals surface area contributed by atoms with Gasteiger partial charge in [-0.2, -0.15) is 5.26 Å². The summed E-state index contributed by atoms with van der Waals surface area (Å²) in [6.07, 6.45) is -0.567. The van der Waals surface area contributed by atoms with Crippen molar-refractivity contribution in [1.82, 2.24) is 15.0 Å². The fraction of sp³-hybridized carbons (Fsp3) is 0.318. The van der Waals surface area contributed by atoms with Gasteiger partial charge in [0.25, 0.3) is 0 Å². The zero-order valence-electron chi connectivity index (χ0n) is 17.8. The first-order valence-corrected chi connectivity index (χ1v) is 12.7. The average Bonchev–Trinajstić information content (AvgIpc) is 3.32. The summed E-state index contributed by atoms with van der Waals surface area (Å²) in [4.78, 5) is 0.785. The standard InChI is InChI=1S/C22H19Cl2F3N4O3S/c23-13-2-1-12(7-14(13)24)35-10-18(34-4-3-28)21(22(33)19(35)9-32)31-8-17(29-30-31)11-5-15(25)20(27)16(26)6-11/h1-2,5-8,18-19,21-22,32-33,35H,4,9-10H2/t18-,19+,21+,22-/m0/s1. The summed E-state index contributed by atoms with van der Waals surface area (Å²) < 4.78 is 47.7. The van der Waals surface area contributed by atoms with Gasteiger partial charge >= 0.3 is 0 Å². The molecule has 1 aliphatic rings. The first kappa shape index (κ1) is 25.8. The van der Waals surface area contributed by atoms with Crippen LogP contribution in [0.5, 0.6) is 0 Å². The maximum Gasteiger partial charge on any atom is 0.194 e. The molecule has 1 aliphatic heterocycles. The third-order valence-corrected chi connectivity index (χ3v) is 9.48. The lowest BCUT2D eigenvalue weighted by Gasteiger charge is -2.46. The highest BCUT2D eigenvalue weighted by atomic mass is 35.5. The number of aliphatic hydroxyl groups excluding tert-OH is 2. The number of halogens is 5. The minimum atomic E-state index is -1.60. The van der Waals surface area contributed by atoms with Crippen LogP contribution in [0.15, 0.2) is 41.4 Å². The maximum absolute atomic E-state index is 13.7. The van der Waals surface area contributed by atoms with Gasteiger partial charge in [-0.05, 0) is 35.2 Å². The molecule has 0 saturated carbocycles. The van der Waals surface area contributed by atoms with Crippen molar-refractivity contribution in [3.05, 3.63) is 64.0 Å². The molecule has 4 rings (SSSR count). The highest BCUT2D eigenvalue weighted by molar-refractivity contribution is 8.17. The predicted octanol–water partition coefficient (Wildman–Crippen LogP) is 3.91.